The average molecular weight is 300 g/mol. The van der Waals surface area contributed by atoms with Gasteiger partial charge in [0.15, 0.2) is 0 Å². The van der Waals surface area contributed by atoms with Gasteiger partial charge in [-0.15, -0.1) is 0 Å². The molecule has 0 saturated heterocycles. The van der Waals surface area contributed by atoms with Gasteiger partial charge in [-0.3, -0.25) is 4.79 Å². The lowest BCUT2D eigenvalue weighted by Crippen LogP contribution is -2.24. The Balaban J connectivity index is 2.24. The van der Waals surface area contributed by atoms with Gasteiger partial charge in [-0.1, -0.05) is 20.3 Å². The van der Waals surface area contributed by atoms with Gasteiger partial charge in [-0.2, -0.15) is 0 Å². The highest BCUT2D eigenvalue weighted by Gasteiger charge is 2.09. The molecule has 0 aliphatic rings. The predicted molar refractivity (Wildman–Crippen MR) is 90.3 cm³/mol. The van der Waals surface area contributed by atoms with Crippen molar-refractivity contribution < 1.29 is 0 Å². The molecule has 0 fully saturated rings. The Morgan fingerprint density at radius 3 is 2.59 bits per heavy atom. The molecule has 0 saturated carbocycles. The van der Waals surface area contributed by atoms with Crippen LogP contribution in [0, 0.1) is 19.8 Å². The van der Waals surface area contributed by atoms with Gasteiger partial charge in [-0.05, 0) is 31.9 Å². The molecule has 2 rings (SSSR count). The quantitative estimate of drug-likeness (QED) is 0.922. The van der Waals surface area contributed by atoms with E-state index in [0.717, 1.165) is 30.0 Å². The topological polar surface area (TPSA) is 61.9 Å². The molecule has 0 spiro atoms. The maximum atomic E-state index is 11.8. The summed E-state index contributed by atoms with van der Waals surface area (Å²) in [6, 6.07) is 3.91. The monoisotopic (exact) mass is 300 g/mol. The molecule has 1 N–H and O–H groups in total. The number of aromatic amines is 1. The highest BCUT2D eigenvalue weighted by Crippen LogP contribution is 2.18. The number of H-pyrrole nitrogens is 1. The zero-order chi connectivity index (χ0) is 16.3. The summed E-state index contributed by atoms with van der Waals surface area (Å²) in [5.74, 6) is 2.12. The molecule has 0 aromatic carbocycles. The molecular formula is C17H24N4O. The number of aromatic nitrogens is 3. The lowest BCUT2D eigenvalue weighted by atomic mass is 10.1. The number of anilines is 1. The van der Waals surface area contributed by atoms with E-state index in [2.05, 4.69) is 33.7 Å². The molecule has 2 aromatic heterocycles. The fraction of sp³-hybridized carbons (Fsp3) is 0.471. The Morgan fingerprint density at radius 2 is 2.05 bits per heavy atom. The third-order valence-electron chi connectivity index (χ3n) is 4.09. The molecule has 1 atom stereocenters. The second kappa shape index (κ2) is 6.73. The van der Waals surface area contributed by atoms with Crippen molar-refractivity contribution in [2.24, 2.45) is 5.92 Å². The van der Waals surface area contributed by atoms with Gasteiger partial charge in [0, 0.05) is 36.6 Å². The van der Waals surface area contributed by atoms with Crippen molar-refractivity contribution in [3.8, 4) is 11.4 Å². The van der Waals surface area contributed by atoms with E-state index < -0.39 is 0 Å². The van der Waals surface area contributed by atoms with E-state index in [9.17, 15) is 4.79 Å². The van der Waals surface area contributed by atoms with Gasteiger partial charge in [0.1, 0.15) is 11.6 Å². The molecule has 5 heteroatoms. The summed E-state index contributed by atoms with van der Waals surface area (Å²) in [5.41, 5.74) is 2.12. The van der Waals surface area contributed by atoms with Crippen LogP contribution in [-0.2, 0) is 0 Å². The highest BCUT2D eigenvalue weighted by molar-refractivity contribution is 5.56. The van der Waals surface area contributed by atoms with Crippen molar-refractivity contribution in [3.63, 3.8) is 0 Å². The van der Waals surface area contributed by atoms with E-state index in [4.69, 9.17) is 0 Å². The summed E-state index contributed by atoms with van der Waals surface area (Å²) in [6.45, 7) is 9.01. The fourth-order valence-electron chi connectivity index (χ4n) is 2.22. The van der Waals surface area contributed by atoms with Crippen molar-refractivity contribution in [1.82, 2.24) is 15.0 Å². The molecule has 0 aliphatic heterocycles. The second-order valence-corrected chi connectivity index (χ2v) is 5.92. The molecule has 0 bridgehead atoms. The van der Waals surface area contributed by atoms with Crippen LogP contribution in [0.15, 0.2) is 23.1 Å². The van der Waals surface area contributed by atoms with Gasteiger partial charge < -0.3 is 9.88 Å². The van der Waals surface area contributed by atoms with Crippen LogP contribution >= 0.6 is 0 Å². The molecule has 5 nitrogen and oxygen atoms in total. The number of nitrogens with zero attached hydrogens (tertiary/aromatic N) is 3. The molecule has 1 unspecified atom stereocenters. The van der Waals surface area contributed by atoms with Crippen LogP contribution in [0.1, 0.15) is 31.5 Å². The lowest BCUT2D eigenvalue weighted by molar-refractivity contribution is 0.558. The minimum absolute atomic E-state index is 0.0968. The van der Waals surface area contributed by atoms with Gasteiger partial charge in [0.25, 0.3) is 5.56 Å². The van der Waals surface area contributed by atoms with Gasteiger partial charge >= 0.3 is 0 Å². The summed E-state index contributed by atoms with van der Waals surface area (Å²) in [5, 5.41) is 0. The fourth-order valence-corrected chi connectivity index (χ4v) is 2.22. The largest absolute Gasteiger partial charge is 0.359 e. The Bertz CT molecular complexity index is 691. The van der Waals surface area contributed by atoms with Crippen LogP contribution in [0.3, 0.4) is 0 Å². The smallest absolute Gasteiger partial charge is 0.254 e. The first-order valence-electron chi connectivity index (χ1n) is 7.67. The Kier molecular flexibility index (Phi) is 4.96. The minimum Gasteiger partial charge on any atom is -0.359 e. The van der Waals surface area contributed by atoms with E-state index in [-0.39, 0.29) is 5.56 Å². The van der Waals surface area contributed by atoms with Crippen LogP contribution in [0.25, 0.3) is 11.4 Å². The Hall–Kier alpha value is -2.17. The normalized spacial score (nSPS) is 12.2. The summed E-state index contributed by atoms with van der Waals surface area (Å²) in [4.78, 5) is 25.7. The van der Waals surface area contributed by atoms with Crippen LogP contribution in [-0.4, -0.2) is 28.5 Å². The molecule has 0 aliphatic carbocycles. The minimum atomic E-state index is -0.0968. The van der Waals surface area contributed by atoms with Crippen molar-refractivity contribution in [2.45, 2.75) is 34.1 Å². The van der Waals surface area contributed by atoms with Crippen LogP contribution in [0.5, 0.6) is 0 Å². The lowest BCUT2D eigenvalue weighted by Gasteiger charge is -2.21. The average Bonchev–Trinajstić information content (AvgIpc) is 2.52. The molecule has 0 amide bonds. The zero-order valence-electron chi connectivity index (χ0n) is 14.0. The third-order valence-corrected chi connectivity index (χ3v) is 4.09. The maximum Gasteiger partial charge on any atom is 0.254 e. The number of hydrogen-bond donors (Lipinski definition) is 1. The van der Waals surface area contributed by atoms with E-state index in [1.165, 1.54) is 0 Å². The summed E-state index contributed by atoms with van der Waals surface area (Å²) in [7, 11) is 2.05. The Labute approximate surface area is 131 Å². The molecule has 0 radical (unpaired) electrons. The van der Waals surface area contributed by atoms with E-state index in [1.807, 2.05) is 26.1 Å². The summed E-state index contributed by atoms with van der Waals surface area (Å²) < 4.78 is 0. The standard InChI is InChI=1S/C17H24N4O/c1-6-11(2)10-21(5)15-8-7-14(9-18-15)16-19-13(4)12(3)17(22)20-16/h7-9,11H,6,10H2,1-5H3,(H,19,20,22). The first kappa shape index (κ1) is 16.2. The number of hydrogen-bond acceptors (Lipinski definition) is 4. The predicted octanol–water partition coefficient (Wildman–Crippen LogP) is 2.93. The molecule has 118 valence electrons. The van der Waals surface area contributed by atoms with Gasteiger partial charge in [-0.25, -0.2) is 9.97 Å². The summed E-state index contributed by atoms with van der Waals surface area (Å²) >= 11 is 0. The number of nitrogens with one attached hydrogen (secondary N) is 1. The molecule has 2 heterocycles. The Morgan fingerprint density at radius 1 is 1.32 bits per heavy atom. The van der Waals surface area contributed by atoms with Crippen molar-refractivity contribution in [3.05, 3.63) is 39.9 Å². The first-order chi connectivity index (χ1) is 10.4. The summed E-state index contributed by atoms with van der Waals surface area (Å²) in [6.07, 6.45) is 2.91. The molecule has 2 aromatic rings. The number of pyridine rings is 1. The van der Waals surface area contributed by atoms with Crippen LogP contribution in [0.2, 0.25) is 0 Å². The highest BCUT2D eigenvalue weighted by atomic mass is 16.1. The van der Waals surface area contributed by atoms with E-state index >= 15 is 0 Å². The van der Waals surface area contributed by atoms with Crippen LogP contribution < -0.4 is 10.5 Å². The van der Waals surface area contributed by atoms with Gasteiger partial charge in [0.05, 0.1) is 0 Å². The third kappa shape index (κ3) is 3.53. The van der Waals surface area contributed by atoms with Crippen molar-refractivity contribution in [1.29, 1.82) is 0 Å². The van der Waals surface area contributed by atoms with Gasteiger partial charge in [0.2, 0.25) is 0 Å². The maximum absolute atomic E-state index is 11.8. The SMILES string of the molecule is CCC(C)CN(C)c1ccc(-c2nc(C)c(C)c(=O)[nH]2)cn1. The molecule has 22 heavy (non-hydrogen) atoms. The number of aryl methyl sites for hydroxylation is 1. The first-order valence-corrected chi connectivity index (χ1v) is 7.67. The van der Waals surface area contributed by atoms with E-state index in [1.54, 1.807) is 13.1 Å². The molecular weight excluding hydrogens is 276 g/mol. The van der Waals surface area contributed by atoms with Crippen molar-refractivity contribution >= 4 is 5.82 Å². The van der Waals surface area contributed by atoms with E-state index in [0.29, 0.717) is 17.3 Å². The van der Waals surface area contributed by atoms with Crippen LogP contribution in [0.4, 0.5) is 5.82 Å². The number of rotatable bonds is 5. The zero-order valence-corrected chi connectivity index (χ0v) is 14.0. The second-order valence-electron chi connectivity index (χ2n) is 5.92. The van der Waals surface area contributed by atoms with Crippen molar-refractivity contribution in [2.75, 3.05) is 18.5 Å².